The van der Waals surface area contributed by atoms with Crippen LogP contribution in [-0.2, 0) is 14.3 Å². The summed E-state index contributed by atoms with van der Waals surface area (Å²) in [6.45, 7) is 4.85. The maximum Gasteiger partial charge on any atom is 0.305 e. The maximum atomic E-state index is 12.4. The number of rotatable bonds is 49. The molecule has 3 N–H and O–H groups in total. The molecule has 0 rings (SSSR count). The predicted octanol–water partition coefficient (Wildman–Crippen LogP) is 16.1. The van der Waals surface area contributed by atoms with Crippen molar-refractivity contribution in [3.05, 3.63) is 36.5 Å². The molecule has 358 valence electrons. The first-order valence-electron chi connectivity index (χ1n) is 26.8. The van der Waals surface area contributed by atoms with Crippen LogP contribution in [0.1, 0.15) is 277 Å². The molecule has 2 atom stereocenters. The van der Waals surface area contributed by atoms with Crippen LogP contribution in [0.5, 0.6) is 0 Å². The largest absolute Gasteiger partial charge is 0.466 e. The standard InChI is InChI=1S/C55H103NO5/c1-3-5-7-9-11-13-15-17-25-29-33-37-41-45-49-55(60)61-50-46-42-38-34-30-26-22-20-18-19-21-24-28-32-36-40-44-48-54(59)56-52(51-57)53(58)47-43-39-35-31-27-23-16-14-12-10-8-6-4-2/h18,20,26,30,43,47,52-53,57-58H,3-17,19,21-25,27-29,31-42,44-46,48-51H2,1-2H3,(H,56,59)/b20-18-,30-26-,47-43+. The molecule has 0 aliphatic carbocycles. The molecule has 0 saturated heterocycles. The van der Waals surface area contributed by atoms with Crippen molar-refractivity contribution < 1.29 is 24.5 Å². The number of esters is 1. The fourth-order valence-corrected chi connectivity index (χ4v) is 8.02. The van der Waals surface area contributed by atoms with Crippen LogP contribution >= 0.6 is 0 Å². The molecule has 6 nitrogen and oxygen atoms in total. The number of aliphatic hydroxyl groups is 2. The zero-order valence-electron chi connectivity index (χ0n) is 40.6. The van der Waals surface area contributed by atoms with Gasteiger partial charge >= 0.3 is 5.97 Å². The summed E-state index contributed by atoms with van der Waals surface area (Å²) in [6, 6.07) is -0.639. The average Bonchev–Trinajstić information content (AvgIpc) is 3.26. The zero-order valence-corrected chi connectivity index (χ0v) is 40.6. The SMILES string of the molecule is CCCCCCCCCCCCC/C=C/C(O)C(CO)NC(=O)CCCCCCCCC/C=C\C/C=C\CCCCCOC(=O)CCCCCCCCCCCCCCCC. The lowest BCUT2D eigenvalue weighted by Crippen LogP contribution is -2.45. The first kappa shape index (κ1) is 59.1. The van der Waals surface area contributed by atoms with Crippen molar-refractivity contribution in [2.45, 2.75) is 289 Å². The molecule has 0 aromatic rings. The first-order chi connectivity index (χ1) is 30.0. The minimum atomic E-state index is -0.854. The summed E-state index contributed by atoms with van der Waals surface area (Å²) in [5, 5.41) is 23.0. The van der Waals surface area contributed by atoms with Gasteiger partial charge in [0.15, 0.2) is 0 Å². The maximum absolute atomic E-state index is 12.4. The smallest absolute Gasteiger partial charge is 0.305 e. The van der Waals surface area contributed by atoms with Gasteiger partial charge in [-0.15, -0.1) is 0 Å². The summed E-state index contributed by atoms with van der Waals surface area (Å²) in [5.74, 6) is -0.0995. The van der Waals surface area contributed by atoms with Gasteiger partial charge in [-0.1, -0.05) is 230 Å². The van der Waals surface area contributed by atoms with Crippen molar-refractivity contribution in [1.82, 2.24) is 5.32 Å². The summed E-state index contributed by atoms with van der Waals surface area (Å²) in [7, 11) is 0. The number of hydrogen-bond donors (Lipinski definition) is 3. The summed E-state index contributed by atoms with van der Waals surface area (Å²) in [5.41, 5.74) is 0. The molecule has 0 aromatic carbocycles. The lowest BCUT2D eigenvalue weighted by molar-refractivity contribution is -0.143. The Labute approximate surface area is 379 Å². The van der Waals surface area contributed by atoms with Gasteiger partial charge in [-0.2, -0.15) is 0 Å². The minimum absolute atomic E-state index is 0.0147. The van der Waals surface area contributed by atoms with Gasteiger partial charge in [-0.25, -0.2) is 0 Å². The molecule has 6 heteroatoms. The van der Waals surface area contributed by atoms with Crippen molar-refractivity contribution in [3.63, 3.8) is 0 Å². The highest BCUT2D eigenvalue weighted by molar-refractivity contribution is 5.76. The molecule has 0 saturated carbocycles. The summed E-state index contributed by atoms with van der Waals surface area (Å²) in [4.78, 5) is 24.4. The van der Waals surface area contributed by atoms with E-state index in [0.29, 0.717) is 19.4 Å². The molecule has 0 fully saturated rings. The van der Waals surface area contributed by atoms with Crippen LogP contribution < -0.4 is 5.32 Å². The highest BCUT2D eigenvalue weighted by atomic mass is 16.5. The van der Waals surface area contributed by atoms with Crippen LogP contribution in [-0.4, -0.2) is 47.4 Å². The molecule has 0 aromatic heterocycles. The Morgan fingerprint density at radius 3 is 1.25 bits per heavy atom. The predicted molar refractivity (Wildman–Crippen MR) is 264 cm³/mol. The van der Waals surface area contributed by atoms with Gasteiger partial charge in [-0.05, 0) is 70.6 Å². The van der Waals surface area contributed by atoms with Crippen LogP contribution in [0.2, 0.25) is 0 Å². The third-order valence-electron chi connectivity index (χ3n) is 12.2. The Hall–Kier alpha value is -1.92. The molecule has 2 unspecified atom stereocenters. The molecule has 0 aliphatic rings. The minimum Gasteiger partial charge on any atom is -0.466 e. The van der Waals surface area contributed by atoms with Gasteiger partial charge in [0, 0.05) is 12.8 Å². The number of carbonyl (C=O) groups excluding carboxylic acids is 2. The Kier molecular flexibility index (Phi) is 49.1. The van der Waals surface area contributed by atoms with E-state index in [0.717, 1.165) is 83.5 Å². The Morgan fingerprint density at radius 2 is 0.820 bits per heavy atom. The Bertz CT molecular complexity index is 993. The van der Waals surface area contributed by atoms with E-state index < -0.39 is 12.1 Å². The molecule has 61 heavy (non-hydrogen) atoms. The van der Waals surface area contributed by atoms with Gasteiger partial charge < -0.3 is 20.3 Å². The fraction of sp³-hybridized carbons (Fsp3) is 0.855. The second-order valence-corrected chi connectivity index (χ2v) is 18.2. The van der Waals surface area contributed by atoms with Crippen molar-refractivity contribution >= 4 is 11.9 Å². The van der Waals surface area contributed by atoms with Gasteiger partial charge in [-0.3, -0.25) is 9.59 Å². The number of amides is 1. The molecular weight excluding hydrogens is 755 g/mol. The molecular formula is C55H103NO5. The van der Waals surface area contributed by atoms with Crippen LogP contribution in [0.25, 0.3) is 0 Å². The van der Waals surface area contributed by atoms with Crippen molar-refractivity contribution in [1.29, 1.82) is 0 Å². The van der Waals surface area contributed by atoms with E-state index >= 15 is 0 Å². The third kappa shape index (κ3) is 47.4. The van der Waals surface area contributed by atoms with E-state index in [4.69, 9.17) is 4.74 Å². The quantitative estimate of drug-likeness (QED) is 0.0322. The van der Waals surface area contributed by atoms with Gasteiger partial charge in [0.25, 0.3) is 0 Å². The number of ether oxygens (including phenoxy) is 1. The first-order valence-corrected chi connectivity index (χ1v) is 26.8. The monoisotopic (exact) mass is 858 g/mol. The summed E-state index contributed by atoms with van der Waals surface area (Å²) >= 11 is 0. The van der Waals surface area contributed by atoms with E-state index in [1.54, 1.807) is 6.08 Å². The second-order valence-electron chi connectivity index (χ2n) is 18.2. The van der Waals surface area contributed by atoms with Gasteiger partial charge in [0.05, 0.1) is 25.4 Å². The highest BCUT2D eigenvalue weighted by Crippen LogP contribution is 2.15. The summed E-state index contributed by atoms with van der Waals surface area (Å²) < 4.78 is 5.45. The highest BCUT2D eigenvalue weighted by Gasteiger charge is 2.18. The molecule has 0 aliphatic heterocycles. The normalized spacial score (nSPS) is 12.9. The molecule has 0 spiro atoms. The van der Waals surface area contributed by atoms with Crippen LogP contribution in [0.4, 0.5) is 0 Å². The molecule has 1 amide bonds. The average molecular weight is 858 g/mol. The van der Waals surface area contributed by atoms with E-state index in [2.05, 4.69) is 43.5 Å². The molecule has 0 radical (unpaired) electrons. The molecule has 0 bridgehead atoms. The second kappa shape index (κ2) is 50.7. The number of unbranched alkanes of at least 4 members (excludes halogenated alkanes) is 34. The molecule has 0 heterocycles. The van der Waals surface area contributed by atoms with E-state index in [9.17, 15) is 19.8 Å². The fourth-order valence-electron chi connectivity index (χ4n) is 8.02. The van der Waals surface area contributed by atoms with E-state index in [1.165, 1.54) is 167 Å². The number of aliphatic hydroxyl groups excluding tert-OH is 2. The Balaban J connectivity index is 3.52. The van der Waals surface area contributed by atoms with Crippen molar-refractivity contribution in [3.8, 4) is 0 Å². The lowest BCUT2D eigenvalue weighted by atomic mass is 10.0. The van der Waals surface area contributed by atoms with Gasteiger partial charge in [0.2, 0.25) is 5.91 Å². The van der Waals surface area contributed by atoms with Gasteiger partial charge in [0.1, 0.15) is 0 Å². The number of nitrogens with one attached hydrogen (secondary N) is 1. The third-order valence-corrected chi connectivity index (χ3v) is 12.2. The lowest BCUT2D eigenvalue weighted by Gasteiger charge is -2.20. The number of hydrogen-bond acceptors (Lipinski definition) is 5. The topological polar surface area (TPSA) is 95.9 Å². The summed E-state index contributed by atoms with van der Waals surface area (Å²) in [6.07, 6.45) is 61.5. The van der Waals surface area contributed by atoms with E-state index in [1.807, 2.05) is 6.08 Å². The van der Waals surface area contributed by atoms with Crippen molar-refractivity contribution in [2.24, 2.45) is 0 Å². The number of allylic oxidation sites excluding steroid dienone is 5. The van der Waals surface area contributed by atoms with E-state index in [-0.39, 0.29) is 18.5 Å². The number of carbonyl (C=O) groups is 2. The van der Waals surface area contributed by atoms with Crippen molar-refractivity contribution in [2.75, 3.05) is 13.2 Å². The zero-order chi connectivity index (χ0) is 44.4. The Morgan fingerprint density at radius 1 is 0.459 bits per heavy atom. The van der Waals surface area contributed by atoms with Crippen LogP contribution in [0.3, 0.4) is 0 Å². The van der Waals surface area contributed by atoms with Crippen LogP contribution in [0.15, 0.2) is 36.5 Å². The van der Waals surface area contributed by atoms with Crippen LogP contribution in [0, 0.1) is 0 Å².